The second-order valence-corrected chi connectivity index (χ2v) is 0. The van der Waals surface area contributed by atoms with Gasteiger partial charge in [0.2, 0.25) is 0 Å². The van der Waals surface area contributed by atoms with Gasteiger partial charge in [0.05, 0.1) is 0 Å². The van der Waals surface area contributed by atoms with Crippen LogP contribution in [0.15, 0.2) is 0 Å². The van der Waals surface area contributed by atoms with Crippen molar-refractivity contribution >= 4 is 0 Å². The molecule has 0 radical (unpaired) electrons. The molecular weight excluding hydrogens is 390 g/mol. The zero-order valence-electron chi connectivity index (χ0n) is 3.61. The van der Waals surface area contributed by atoms with Crippen molar-refractivity contribution in [2.45, 2.75) is 0 Å². The Morgan fingerprint density at radius 3 is 0.375 bits per heavy atom. The Bertz CT molecular complexity index is 10.4. The fourth-order valence-corrected chi connectivity index (χ4v) is 0. The molecule has 0 amide bonds. The van der Waals surface area contributed by atoms with Crippen molar-refractivity contribution in [3.8, 4) is 0 Å². The van der Waals surface area contributed by atoms with Gasteiger partial charge in [0.1, 0.15) is 0 Å². The van der Waals surface area contributed by atoms with Gasteiger partial charge < -0.3 is 75.3 Å². The van der Waals surface area contributed by atoms with Crippen molar-refractivity contribution < 1.29 is 92.4 Å². The second kappa shape index (κ2) is 168. The van der Waals surface area contributed by atoms with Crippen LogP contribution < -0.4 is 48.0 Å². The van der Waals surface area contributed by atoms with Crippen LogP contribution in [0.3, 0.4) is 0 Å². The topological polar surface area (TPSA) is 158 Å². The average Bonchev–Trinajstić information content (AvgIpc) is 0. The van der Waals surface area contributed by atoms with Gasteiger partial charge in [0.25, 0.3) is 0 Å². The molecule has 0 unspecified atom stereocenters. The van der Waals surface area contributed by atoms with Crippen molar-refractivity contribution in [1.29, 1.82) is 0 Å². The van der Waals surface area contributed by atoms with E-state index >= 15 is 0 Å². The molecule has 0 heterocycles. The molecule has 8 heteroatoms. The van der Waals surface area contributed by atoms with Crippen molar-refractivity contribution in [3.05, 3.63) is 0 Å². The summed E-state index contributed by atoms with van der Waals surface area (Å²) in [5, 5.41) is 0. The third-order valence-corrected chi connectivity index (χ3v) is 0. The summed E-state index contributed by atoms with van der Waals surface area (Å²) in [6, 6.07) is 0. The Hall–Kier alpha value is 1.78. The summed E-state index contributed by atoms with van der Waals surface area (Å²) in [6.07, 6.45) is 0. The largest absolute Gasteiger partial charge is 2.00 e. The zero-order chi connectivity index (χ0) is 0. The van der Waals surface area contributed by atoms with Gasteiger partial charge >= 0.3 is 17.1 Å². The summed E-state index contributed by atoms with van der Waals surface area (Å²) in [5.74, 6) is 0. The van der Waals surface area contributed by atoms with E-state index in [0.29, 0.717) is 0 Å². The van der Waals surface area contributed by atoms with Crippen molar-refractivity contribution in [3.63, 3.8) is 0 Å². The van der Waals surface area contributed by atoms with Crippen LogP contribution in [-0.2, 0) is 17.1 Å². The molecule has 8 heavy (non-hydrogen) atoms. The monoisotopic (exact) mass is 400 g/mol. The molecule has 5 nitrogen and oxygen atoms in total. The van der Waals surface area contributed by atoms with Gasteiger partial charge in [0.15, 0.2) is 0 Å². The SMILES string of the molecule is O.O.O.O.O.[Fe+2].[I-].[I-]. The minimum absolute atomic E-state index is 0. The number of hydrogen-bond acceptors (Lipinski definition) is 0. The Morgan fingerprint density at radius 2 is 0.375 bits per heavy atom. The quantitative estimate of drug-likeness (QED) is 0.280. The maximum atomic E-state index is 0. The molecular formula is H10FeI2O5. The van der Waals surface area contributed by atoms with Gasteiger partial charge in [-0.15, -0.1) is 0 Å². The summed E-state index contributed by atoms with van der Waals surface area (Å²) >= 11 is 0. The maximum absolute atomic E-state index is 0. The van der Waals surface area contributed by atoms with Crippen LogP contribution in [0.2, 0.25) is 0 Å². The molecule has 0 saturated heterocycles. The number of rotatable bonds is 0. The van der Waals surface area contributed by atoms with Crippen LogP contribution in [-0.4, -0.2) is 27.4 Å². The summed E-state index contributed by atoms with van der Waals surface area (Å²) in [4.78, 5) is 0. The summed E-state index contributed by atoms with van der Waals surface area (Å²) < 4.78 is 0. The second-order valence-electron chi connectivity index (χ2n) is 0. The molecule has 10 N–H and O–H groups in total. The smallest absolute Gasteiger partial charge is 1.00 e. The van der Waals surface area contributed by atoms with Crippen LogP contribution in [0, 0.1) is 0 Å². The van der Waals surface area contributed by atoms with E-state index in [-0.39, 0.29) is 92.4 Å². The Morgan fingerprint density at radius 1 is 0.375 bits per heavy atom. The van der Waals surface area contributed by atoms with Crippen molar-refractivity contribution in [2.75, 3.05) is 0 Å². The molecule has 0 spiro atoms. The number of hydrogen-bond donors (Lipinski definition) is 0. The van der Waals surface area contributed by atoms with Crippen molar-refractivity contribution in [1.82, 2.24) is 0 Å². The van der Waals surface area contributed by atoms with Crippen LogP contribution >= 0.6 is 0 Å². The van der Waals surface area contributed by atoms with Crippen LogP contribution in [0.4, 0.5) is 0 Å². The normalized spacial score (nSPS) is 0. The third-order valence-electron chi connectivity index (χ3n) is 0. The molecule has 0 aromatic heterocycles. The molecule has 62 valence electrons. The average molecular weight is 400 g/mol. The van der Waals surface area contributed by atoms with Crippen LogP contribution in [0.1, 0.15) is 0 Å². The van der Waals surface area contributed by atoms with Gasteiger partial charge in [-0.2, -0.15) is 0 Å². The van der Waals surface area contributed by atoms with Crippen LogP contribution in [0.5, 0.6) is 0 Å². The molecule has 0 saturated carbocycles. The Labute approximate surface area is 91.7 Å². The molecule has 0 fully saturated rings. The summed E-state index contributed by atoms with van der Waals surface area (Å²) in [7, 11) is 0. The van der Waals surface area contributed by atoms with E-state index in [9.17, 15) is 0 Å². The van der Waals surface area contributed by atoms with E-state index in [1.807, 2.05) is 0 Å². The first-order valence-corrected chi connectivity index (χ1v) is 0. The first-order chi connectivity index (χ1) is 0. The van der Waals surface area contributed by atoms with Crippen molar-refractivity contribution in [2.24, 2.45) is 0 Å². The van der Waals surface area contributed by atoms with Crippen LogP contribution in [0.25, 0.3) is 0 Å². The van der Waals surface area contributed by atoms with Gasteiger partial charge in [-0.05, 0) is 0 Å². The predicted octanol–water partition coefficient (Wildman–Crippen LogP) is -10.1. The maximum Gasteiger partial charge on any atom is 2.00 e. The zero-order valence-corrected chi connectivity index (χ0v) is 9.03. The van der Waals surface area contributed by atoms with E-state index in [1.54, 1.807) is 0 Å². The molecule has 0 atom stereocenters. The fourth-order valence-electron chi connectivity index (χ4n) is 0. The molecule has 0 aliphatic heterocycles. The van der Waals surface area contributed by atoms with E-state index in [0.717, 1.165) is 0 Å². The van der Waals surface area contributed by atoms with E-state index in [4.69, 9.17) is 0 Å². The minimum atomic E-state index is 0. The minimum Gasteiger partial charge on any atom is -1.00 e. The first kappa shape index (κ1) is 238. The Kier molecular flexibility index (Phi) is 4990. The van der Waals surface area contributed by atoms with E-state index in [2.05, 4.69) is 0 Å². The van der Waals surface area contributed by atoms with Gasteiger partial charge in [0, 0.05) is 0 Å². The van der Waals surface area contributed by atoms with E-state index in [1.165, 1.54) is 0 Å². The molecule has 0 rings (SSSR count). The van der Waals surface area contributed by atoms with Gasteiger partial charge in [-0.1, -0.05) is 0 Å². The molecule has 0 aliphatic rings. The standard InChI is InChI=1S/Fe.2HI.5H2O/h;2*1H;5*1H2/q+2;;;;;;;/p-2. The predicted molar refractivity (Wildman–Crippen MR) is 18.1 cm³/mol. The fraction of sp³-hybridized carbons (Fsp3) is 0. The molecule has 0 aromatic rings. The third kappa shape index (κ3) is 113. The summed E-state index contributed by atoms with van der Waals surface area (Å²) in [6.45, 7) is 0. The number of halogens is 2. The molecule has 0 aliphatic carbocycles. The molecule has 0 bridgehead atoms. The molecule has 0 aromatic carbocycles. The van der Waals surface area contributed by atoms with E-state index < -0.39 is 0 Å². The summed E-state index contributed by atoms with van der Waals surface area (Å²) in [5.41, 5.74) is 0. The van der Waals surface area contributed by atoms with Gasteiger partial charge in [-0.3, -0.25) is 0 Å². The first-order valence-electron chi connectivity index (χ1n) is 0. The van der Waals surface area contributed by atoms with Gasteiger partial charge in [-0.25, -0.2) is 0 Å². The Balaban J connectivity index is 0.